The molecule has 0 saturated heterocycles. The molecule has 0 radical (unpaired) electrons. The molecule has 1 unspecified atom stereocenters. The summed E-state index contributed by atoms with van der Waals surface area (Å²) in [5.74, 6) is 0. The monoisotopic (exact) mass is 250 g/mol. The maximum absolute atomic E-state index is 4.55. The maximum Gasteiger partial charge on any atom is 0.0919 e. The van der Waals surface area contributed by atoms with Crippen molar-refractivity contribution in [1.29, 1.82) is 0 Å². The smallest absolute Gasteiger partial charge is 0.0919 e. The summed E-state index contributed by atoms with van der Waals surface area (Å²) in [5.41, 5.74) is 4.79. The van der Waals surface area contributed by atoms with Crippen molar-refractivity contribution in [3.8, 4) is 0 Å². The van der Waals surface area contributed by atoms with Crippen molar-refractivity contribution in [2.75, 3.05) is 0 Å². The Kier molecular flexibility index (Phi) is 2.86. The van der Waals surface area contributed by atoms with Gasteiger partial charge < -0.3 is 4.98 Å². The highest BCUT2D eigenvalue weighted by Crippen LogP contribution is 2.38. The van der Waals surface area contributed by atoms with Crippen molar-refractivity contribution >= 4 is 11.0 Å². The third kappa shape index (κ3) is 1.84. The Hall–Kier alpha value is -2.09. The molecule has 0 aliphatic heterocycles. The highest BCUT2D eigenvalue weighted by Gasteiger charge is 2.29. The molecular weight excluding hydrogens is 232 g/mol. The molecule has 0 bridgehead atoms. The number of aromatic nitrogens is 2. The van der Waals surface area contributed by atoms with E-state index in [1.165, 1.54) is 11.1 Å². The lowest BCUT2D eigenvalue weighted by molar-refractivity contribution is 0.553. The molecule has 2 heteroatoms. The molecule has 3 aromatic rings. The average molecular weight is 250 g/mol. The molecular formula is C17H18N2. The van der Waals surface area contributed by atoms with Gasteiger partial charge in [-0.05, 0) is 24.1 Å². The van der Waals surface area contributed by atoms with Crippen molar-refractivity contribution in [2.24, 2.45) is 0 Å². The lowest BCUT2D eigenvalue weighted by Crippen LogP contribution is -2.22. The summed E-state index contributed by atoms with van der Waals surface area (Å²) >= 11 is 0. The fraction of sp³-hybridized carbons (Fsp3) is 0.235. The fourth-order valence-electron chi connectivity index (χ4n) is 2.73. The van der Waals surface area contributed by atoms with Crippen molar-refractivity contribution in [3.05, 3.63) is 66.0 Å². The van der Waals surface area contributed by atoms with E-state index in [4.69, 9.17) is 0 Å². The molecule has 0 spiro atoms. The minimum atomic E-state index is -0.00609. The number of aromatic amines is 1. The predicted molar refractivity (Wildman–Crippen MR) is 79.3 cm³/mol. The molecule has 3 rings (SSSR count). The zero-order valence-corrected chi connectivity index (χ0v) is 11.4. The first-order valence-electron chi connectivity index (χ1n) is 6.74. The summed E-state index contributed by atoms with van der Waals surface area (Å²) in [4.78, 5) is 7.88. The van der Waals surface area contributed by atoms with Gasteiger partial charge >= 0.3 is 0 Å². The highest BCUT2D eigenvalue weighted by molar-refractivity contribution is 5.80. The summed E-state index contributed by atoms with van der Waals surface area (Å²) in [5, 5.41) is 0. The number of benzene rings is 1. The van der Waals surface area contributed by atoms with Gasteiger partial charge in [0.25, 0.3) is 0 Å². The van der Waals surface area contributed by atoms with E-state index in [0.717, 1.165) is 17.5 Å². The van der Waals surface area contributed by atoms with Crippen LogP contribution in [0, 0.1) is 0 Å². The van der Waals surface area contributed by atoms with Crippen LogP contribution in [0.2, 0.25) is 0 Å². The first-order valence-corrected chi connectivity index (χ1v) is 6.74. The summed E-state index contributed by atoms with van der Waals surface area (Å²) < 4.78 is 0. The van der Waals surface area contributed by atoms with Crippen LogP contribution in [0.5, 0.6) is 0 Å². The standard InChI is InChI=1S/C17H18N2/c1-3-17(2,13-8-5-4-6-9-13)14-12-19-15-10-7-11-18-16(14)15/h4-12,19H,3H2,1-2H3. The predicted octanol–water partition coefficient (Wildman–Crippen LogP) is 4.28. The van der Waals surface area contributed by atoms with Crippen molar-refractivity contribution in [3.63, 3.8) is 0 Å². The third-order valence-electron chi connectivity index (χ3n) is 4.15. The van der Waals surface area contributed by atoms with Crippen LogP contribution in [0.15, 0.2) is 54.9 Å². The van der Waals surface area contributed by atoms with Crippen LogP contribution in [0.3, 0.4) is 0 Å². The van der Waals surface area contributed by atoms with E-state index < -0.39 is 0 Å². The highest BCUT2D eigenvalue weighted by atomic mass is 14.8. The molecule has 1 atom stereocenters. The molecule has 0 aliphatic carbocycles. The lowest BCUT2D eigenvalue weighted by Gasteiger charge is -2.28. The van der Waals surface area contributed by atoms with Crippen LogP contribution in [-0.4, -0.2) is 9.97 Å². The van der Waals surface area contributed by atoms with E-state index in [-0.39, 0.29) is 5.41 Å². The minimum Gasteiger partial charge on any atom is -0.360 e. The van der Waals surface area contributed by atoms with Crippen molar-refractivity contribution in [1.82, 2.24) is 9.97 Å². The second-order valence-corrected chi connectivity index (χ2v) is 5.15. The second kappa shape index (κ2) is 4.54. The Labute approximate surface area is 113 Å². The summed E-state index contributed by atoms with van der Waals surface area (Å²) in [6.45, 7) is 4.52. The van der Waals surface area contributed by atoms with Crippen LogP contribution in [0.4, 0.5) is 0 Å². The fourth-order valence-corrected chi connectivity index (χ4v) is 2.73. The van der Waals surface area contributed by atoms with Crippen LogP contribution >= 0.6 is 0 Å². The second-order valence-electron chi connectivity index (χ2n) is 5.15. The van der Waals surface area contributed by atoms with Gasteiger partial charge in [-0.25, -0.2) is 0 Å². The van der Waals surface area contributed by atoms with Gasteiger partial charge in [-0.15, -0.1) is 0 Å². The Bertz CT molecular complexity index is 685. The largest absolute Gasteiger partial charge is 0.360 e. The number of H-pyrrole nitrogens is 1. The Balaban J connectivity index is 2.22. The number of fused-ring (bicyclic) bond motifs is 1. The summed E-state index contributed by atoms with van der Waals surface area (Å²) in [6, 6.07) is 14.7. The molecule has 1 aromatic carbocycles. The van der Waals surface area contributed by atoms with Crippen LogP contribution in [0.1, 0.15) is 31.4 Å². The number of nitrogens with zero attached hydrogens (tertiary/aromatic N) is 1. The number of rotatable bonds is 3. The maximum atomic E-state index is 4.55. The molecule has 2 heterocycles. The quantitative estimate of drug-likeness (QED) is 0.738. The zero-order chi connectivity index (χ0) is 13.3. The van der Waals surface area contributed by atoms with E-state index in [1.807, 2.05) is 12.3 Å². The minimum absolute atomic E-state index is 0.00609. The summed E-state index contributed by atoms with van der Waals surface area (Å²) in [6.07, 6.45) is 5.01. The molecule has 0 aliphatic rings. The Morgan fingerprint density at radius 1 is 1.11 bits per heavy atom. The molecule has 96 valence electrons. The molecule has 0 saturated carbocycles. The topological polar surface area (TPSA) is 28.7 Å². The number of nitrogens with one attached hydrogen (secondary N) is 1. The number of pyridine rings is 1. The van der Waals surface area contributed by atoms with E-state index >= 15 is 0 Å². The molecule has 19 heavy (non-hydrogen) atoms. The van der Waals surface area contributed by atoms with E-state index in [2.05, 4.69) is 66.4 Å². The number of hydrogen-bond acceptors (Lipinski definition) is 1. The van der Waals surface area contributed by atoms with E-state index in [0.29, 0.717) is 0 Å². The third-order valence-corrected chi connectivity index (χ3v) is 4.15. The molecule has 2 aromatic heterocycles. The van der Waals surface area contributed by atoms with E-state index in [1.54, 1.807) is 0 Å². The number of hydrogen-bond donors (Lipinski definition) is 1. The van der Waals surface area contributed by atoms with Gasteiger partial charge in [-0.2, -0.15) is 0 Å². The van der Waals surface area contributed by atoms with Crippen LogP contribution in [0.25, 0.3) is 11.0 Å². The first kappa shape index (κ1) is 12.0. The van der Waals surface area contributed by atoms with Crippen LogP contribution < -0.4 is 0 Å². The van der Waals surface area contributed by atoms with Gasteiger partial charge in [0.15, 0.2) is 0 Å². The molecule has 1 N–H and O–H groups in total. The molecule has 0 fully saturated rings. The van der Waals surface area contributed by atoms with Gasteiger partial charge in [-0.1, -0.05) is 44.2 Å². The normalized spacial score (nSPS) is 14.4. The SMILES string of the molecule is CCC(C)(c1ccccc1)c1c[nH]c2cccnc12. The molecule has 2 nitrogen and oxygen atoms in total. The lowest BCUT2D eigenvalue weighted by atomic mass is 9.75. The van der Waals surface area contributed by atoms with Crippen molar-refractivity contribution < 1.29 is 0 Å². The van der Waals surface area contributed by atoms with Gasteiger partial charge in [0, 0.05) is 23.4 Å². The first-order chi connectivity index (χ1) is 9.25. The van der Waals surface area contributed by atoms with Gasteiger partial charge in [0.05, 0.1) is 11.0 Å². The summed E-state index contributed by atoms with van der Waals surface area (Å²) in [7, 11) is 0. The Morgan fingerprint density at radius 2 is 1.89 bits per heavy atom. The molecule has 0 amide bonds. The van der Waals surface area contributed by atoms with E-state index in [9.17, 15) is 0 Å². The van der Waals surface area contributed by atoms with Gasteiger partial charge in [0.2, 0.25) is 0 Å². The average Bonchev–Trinajstić information content (AvgIpc) is 2.92. The van der Waals surface area contributed by atoms with Gasteiger partial charge in [0.1, 0.15) is 0 Å². The van der Waals surface area contributed by atoms with Crippen LogP contribution in [-0.2, 0) is 5.41 Å². The zero-order valence-electron chi connectivity index (χ0n) is 11.4. The van der Waals surface area contributed by atoms with Crippen molar-refractivity contribution in [2.45, 2.75) is 25.7 Å². The Morgan fingerprint density at radius 3 is 2.63 bits per heavy atom. The van der Waals surface area contributed by atoms with Gasteiger partial charge in [-0.3, -0.25) is 4.98 Å².